The average molecular weight is 879 g/mol. The third-order valence-electron chi connectivity index (χ3n) is 15.0. The van der Waals surface area contributed by atoms with Gasteiger partial charge in [0.25, 0.3) is 11.5 Å². The largest absolute Gasteiger partial charge is 0.378 e. The van der Waals surface area contributed by atoms with Crippen molar-refractivity contribution in [2.24, 2.45) is 14.1 Å². The maximum absolute atomic E-state index is 15.3. The van der Waals surface area contributed by atoms with Gasteiger partial charge in [-0.1, -0.05) is 54.6 Å². The Morgan fingerprint density at radius 1 is 0.818 bits per heavy atom. The second-order valence-corrected chi connectivity index (χ2v) is 18.7. The molecule has 0 unspecified atom stereocenters. The number of para-hydroxylation sites is 1. The Kier molecular flexibility index (Phi) is 10.4. The van der Waals surface area contributed by atoms with Gasteiger partial charge in [-0.25, -0.2) is 0 Å². The lowest BCUT2D eigenvalue weighted by molar-refractivity contribution is -0.131. The van der Waals surface area contributed by atoms with Gasteiger partial charge in [0, 0.05) is 99.5 Å². The van der Waals surface area contributed by atoms with E-state index in [-0.39, 0.29) is 23.4 Å². The minimum absolute atomic E-state index is 0.0407. The molecule has 7 aromatic rings. The highest BCUT2D eigenvalue weighted by Gasteiger charge is 2.33. The lowest BCUT2D eigenvalue weighted by Crippen LogP contribution is -2.58. The number of anilines is 1. The van der Waals surface area contributed by atoms with E-state index in [2.05, 4.69) is 69.8 Å². The minimum Gasteiger partial charge on any atom is -0.378 e. The van der Waals surface area contributed by atoms with Crippen LogP contribution in [0, 0.1) is 18.3 Å². The molecule has 12 heteroatoms. The molecule has 2 fully saturated rings. The van der Waals surface area contributed by atoms with E-state index in [1.165, 1.54) is 5.56 Å². The molecular formula is C54H54N8O4. The number of carbonyl (C=O) groups excluding carboxylic acids is 2. The Hall–Kier alpha value is -6.94. The van der Waals surface area contributed by atoms with Crippen molar-refractivity contribution < 1.29 is 14.3 Å². The van der Waals surface area contributed by atoms with Crippen LogP contribution in [0.1, 0.15) is 56.5 Å². The van der Waals surface area contributed by atoms with Gasteiger partial charge in [0.2, 0.25) is 5.91 Å². The molecule has 7 heterocycles. The van der Waals surface area contributed by atoms with Crippen molar-refractivity contribution in [2.75, 3.05) is 50.8 Å². The van der Waals surface area contributed by atoms with Crippen LogP contribution in [0.4, 0.5) is 5.69 Å². The Labute approximate surface area is 384 Å². The van der Waals surface area contributed by atoms with E-state index in [1.54, 1.807) is 10.6 Å². The van der Waals surface area contributed by atoms with Crippen LogP contribution in [0.25, 0.3) is 38.8 Å². The number of nitrogens with zero attached hydrogens (tertiary/aromatic N) is 8. The van der Waals surface area contributed by atoms with Crippen molar-refractivity contribution in [3.8, 4) is 23.0 Å². The molecule has 0 N–H and O–H groups in total. The Morgan fingerprint density at radius 3 is 2.47 bits per heavy atom. The molecular weight excluding hydrogens is 825 g/mol. The zero-order chi connectivity index (χ0) is 45.4. The van der Waals surface area contributed by atoms with E-state index in [0.29, 0.717) is 60.8 Å². The number of hydrogen-bond acceptors (Lipinski definition) is 7. The van der Waals surface area contributed by atoms with E-state index in [9.17, 15) is 14.9 Å². The number of pyridine rings is 1. The van der Waals surface area contributed by atoms with Crippen molar-refractivity contribution in [2.45, 2.75) is 58.3 Å². The molecule has 0 radical (unpaired) electrons. The Balaban J connectivity index is 0.968. The summed E-state index contributed by atoms with van der Waals surface area (Å²) in [6.07, 6.45) is 1.69. The average Bonchev–Trinajstić information content (AvgIpc) is 3.84. The summed E-state index contributed by atoms with van der Waals surface area (Å²) >= 11 is 0. The standard InChI is InChI=1S/C54H54N8O4/c1-34-22-37-11-5-6-12-39(37)31-61(34)53(64)46-26-40-30-60(51(63)24-36-10-9-13-41(23-36)59-19-18-58-20-21-66-33-43(58)32-59)17-16-38(40)25-45(46)50-28-47-52(57(50)4)44-14-7-8-15-48(44)62(54(47)65)49-27-42(29-55)56(3)35(49)2/h5-15,23,25-28,34,43H,16-22,24,30-33H2,1-4H3/t34-,43+/m1/s1. The van der Waals surface area contributed by atoms with Crippen LogP contribution in [0.5, 0.6) is 0 Å². The summed E-state index contributed by atoms with van der Waals surface area (Å²) < 4.78 is 11.4. The highest BCUT2D eigenvalue weighted by molar-refractivity contribution is 6.08. The van der Waals surface area contributed by atoms with E-state index in [0.717, 1.165) is 107 Å². The molecule has 4 aromatic carbocycles. The van der Waals surface area contributed by atoms with Crippen LogP contribution < -0.4 is 10.5 Å². The maximum Gasteiger partial charge on any atom is 0.265 e. The predicted octanol–water partition coefficient (Wildman–Crippen LogP) is 6.90. The zero-order valence-corrected chi connectivity index (χ0v) is 38.1. The van der Waals surface area contributed by atoms with Crippen LogP contribution in [0.15, 0.2) is 102 Å². The fraction of sp³-hybridized carbons (Fsp3) is 0.333. The lowest BCUT2D eigenvalue weighted by atomic mass is 9.89. The Bertz CT molecular complexity index is 3230. The number of nitriles is 1. The minimum atomic E-state index is -0.197. The second kappa shape index (κ2) is 16.5. The molecule has 4 aliphatic rings. The van der Waals surface area contributed by atoms with Gasteiger partial charge in [-0.2, -0.15) is 5.26 Å². The molecule has 2 amide bonds. The van der Waals surface area contributed by atoms with Crippen LogP contribution in [0.3, 0.4) is 0 Å². The summed E-state index contributed by atoms with van der Waals surface area (Å²) in [5.41, 5.74) is 11.9. The van der Waals surface area contributed by atoms with Gasteiger partial charge >= 0.3 is 0 Å². The number of carbonyl (C=O) groups is 2. The van der Waals surface area contributed by atoms with Gasteiger partial charge in [0.15, 0.2) is 0 Å². The fourth-order valence-electron chi connectivity index (χ4n) is 11.2. The number of ether oxygens (including phenoxy) is 1. The predicted molar refractivity (Wildman–Crippen MR) is 257 cm³/mol. The number of hydrogen-bond donors (Lipinski definition) is 0. The van der Waals surface area contributed by atoms with Crippen molar-refractivity contribution >= 4 is 39.3 Å². The zero-order valence-electron chi connectivity index (χ0n) is 38.1. The third-order valence-corrected chi connectivity index (χ3v) is 15.0. The molecule has 12 nitrogen and oxygen atoms in total. The van der Waals surface area contributed by atoms with Crippen molar-refractivity contribution in [3.63, 3.8) is 0 Å². The van der Waals surface area contributed by atoms with Gasteiger partial charge < -0.3 is 28.6 Å². The molecule has 3 aromatic heterocycles. The third kappa shape index (κ3) is 7.00. The number of aromatic nitrogens is 3. The normalized spacial score (nSPS) is 18.6. The molecule has 0 aliphatic carbocycles. The summed E-state index contributed by atoms with van der Waals surface area (Å²) in [7, 11) is 3.81. The van der Waals surface area contributed by atoms with Gasteiger partial charge in [-0.15, -0.1) is 0 Å². The molecule has 0 spiro atoms. The van der Waals surface area contributed by atoms with Gasteiger partial charge in [0.05, 0.1) is 47.8 Å². The Morgan fingerprint density at radius 2 is 1.64 bits per heavy atom. The van der Waals surface area contributed by atoms with Gasteiger partial charge in [0.1, 0.15) is 11.8 Å². The number of fused-ring (bicyclic) bond motifs is 6. The monoisotopic (exact) mass is 878 g/mol. The number of rotatable bonds is 6. The van der Waals surface area contributed by atoms with Gasteiger partial charge in [-0.3, -0.25) is 23.9 Å². The maximum atomic E-state index is 15.3. The summed E-state index contributed by atoms with van der Waals surface area (Å²) in [4.78, 5) is 53.2. The first kappa shape index (κ1) is 41.7. The number of piperazine rings is 1. The summed E-state index contributed by atoms with van der Waals surface area (Å²) in [5.74, 6) is -0.0129. The smallest absolute Gasteiger partial charge is 0.265 e. The first-order valence-electron chi connectivity index (χ1n) is 23.2. The summed E-state index contributed by atoms with van der Waals surface area (Å²) in [6, 6.07) is 35.1. The van der Waals surface area contributed by atoms with Crippen molar-refractivity contribution in [3.05, 3.63) is 152 Å². The first-order valence-corrected chi connectivity index (χ1v) is 23.2. The number of amides is 2. The fourth-order valence-corrected chi connectivity index (χ4v) is 11.2. The van der Waals surface area contributed by atoms with E-state index < -0.39 is 0 Å². The van der Waals surface area contributed by atoms with Crippen molar-refractivity contribution in [1.82, 2.24) is 28.4 Å². The topological polar surface area (TPSA) is 112 Å². The SMILES string of the molecule is Cc1c(-n2c(=O)c3cc(-c4cc5c(cc4C(=O)N4Cc6ccccc6C[C@H]4C)CN(C(=O)Cc4cccc(N6CCN7CCOC[C@@H]7C6)c4)CC5)n(C)c3c3ccccc32)cc(C#N)n1C. The summed E-state index contributed by atoms with van der Waals surface area (Å²) in [5, 5.41) is 11.3. The highest BCUT2D eigenvalue weighted by Crippen LogP contribution is 2.38. The first-order chi connectivity index (χ1) is 32.1. The van der Waals surface area contributed by atoms with Crippen LogP contribution in [-0.2, 0) is 56.0 Å². The molecule has 334 valence electrons. The molecule has 2 atom stereocenters. The van der Waals surface area contributed by atoms with Crippen molar-refractivity contribution in [1.29, 1.82) is 5.26 Å². The molecule has 0 saturated carbocycles. The van der Waals surface area contributed by atoms with E-state index >= 15 is 4.79 Å². The second-order valence-electron chi connectivity index (χ2n) is 18.7. The molecule has 4 aliphatic heterocycles. The number of aryl methyl sites for hydroxylation is 1. The van der Waals surface area contributed by atoms with Crippen LogP contribution in [0.2, 0.25) is 0 Å². The van der Waals surface area contributed by atoms with Crippen LogP contribution in [-0.4, -0.2) is 98.2 Å². The number of benzene rings is 4. The van der Waals surface area contributed by atoms with E-state index in [1.807, 2.05) is 83.9 Å². The number of morpholine rings is 1. The molecule has 2 saturated heterocycles. The van der Waals surface area contributed by atoms with Crippen LogP contribution >= 0.6 is 0 Å². The lowest BCUT2D eigenvalue weighted by Gasteiger charge is -2.44. The molecule has 11 rings (SSSR count). The highest BCUT2D eigenvalue weighted by atomic mass is 16.5. The van der Waals surface area contributed by atoms with Gasteiger partial charge in [-0.05, 0) is 97.0 Å². The quantitative estimate of drug-likeness (QED) is 0.179. The molecule has 66 heavy (non-hydrogen) atoms. The van der Waals surface area contributed by atoms with E-state index in [4.69, 9.17) is 4.74 Å². The summed E-state index contributed by atoms with van der Waals surface area (Å²) in [6.45, 7) is 10.9. The molecule has 0 bridgehead atoms.